The van der Waals surface area contributed by atoms with Gasteiger partial charge >= 0.3 is 0 Å². The van der Waals surface area contributed by atoms with Gasteiger partial charge in [-0.15, -0.1) is 11.3 Å². The van der Waals surface area contributed by atoms with Crippen molar-refractivity contribution in [3.63, 3.8) is 0 Å². The summed E-state index contributed by atoms with van der Waals surface area (Å²) in [4.78, 5) is 7.22. The Hall–Kier alpha value is -0.100. The number of hydrogen-bond acceptors (Lipinski definition) is 5. The Morgan fingerprint density at radius 2 is 2.17 bits per heavy atom. The Balaban J connectivity index is 1.74. The van der Waals surface area contributed by atoms with Gasteiger partial charge in [0.05, 0.1) is 5.69 Å². The fourth-order valence-corrected chi connectivity index (χ4v) is 3.69. The summed E-state index contributed by atoms with van der Waals surface area (Å²) in [7, 11) is 0. The summed E-state index contributed by atoms with van der Waals surface area (Å²) >= 11 is 3.84. The lowest BCUT2D eigenvalue weighted by Gasteiger charge is -2.25. The molecule has 0 unspecified atom stereocenters. The molecule has 0 bridgehead atoms. The Kier molecular flexibility index (Phi) is 5.95. The molecule has 1 saturated heterocycles. The lowest BCUT2D eigenvalue weighted by atomic mass is 10.2. The first-order valence-corrected chi connectivity index (χ1v) is 8.71. The first kappa shape index (κ1) is 14.3. The minimum Gasteiger partial charge on any atom is -0.310 e. The van der Waals surface area contributed by atoms with E-state index in [0.717, 1.165) is 19.6 Å². The molecule has 18 heavy (non-hydrogen) atoms. The van der Waals surface area contributed by atoms with Crippen molar-refractivity contribution in [3.05, 3.63) is 16.1 Å². The summed E-state index contributed by atoms with van der Waals surface area (Å²) in [6.45, 7) is 9.90. The van der Waals surface area contributed by atoms with Crippen molar-refractivity contribution in [1.29, 1.82) is 0 Å². The monoisotopic (exact) mass is 285 g/mol. The van der Waals surface area contributed by atoms with Gasteiger partial charge in [-0.05, 0) is 12.5 Å². The highest BCUT2D eigenvalue weighted by Crippen LogP contribution is 2.15. The van der Waals surface area contributed by atoms with E-state index in [2.05, 4.69) is 41.2 Å². The average Bonchev–Trinajstić information content (AvgIpc) is 2.78. The second-order valence-electron chi connectivity index (χ2n) is 5.15. The number of rotatable bonds is 6. The lowest BCUT2D eigenvalue weighted by molar-refractivity contribution is 0.291. The topological polar surface area (TPSA) is 28.2 Å². The van der Waals surface area contributed by atoms with E-state index in [1.807, 2.05) is 0 Å². The fourth-order valence-electron chi connectivity index (χ4n) is 1.96. The number of thioether (sulfide) groups is 1. The van der Waals surface area contributed by atoms with Gasteiger partial charge < -0.3 is 5.32 Å². The Labute approximate surface area is 118 Å². The van der Waals surface area contributed by atoms with Crippen LogP contribution in [0.1, 0.15) is 24.5 Å². The minimum absolute atomic E-state index is 0.704. The minimum atomic E-state index is 0.704. The van der Waals surface area contributed by atoms with Crippen LogP contribution in [0.3, 0.4) is 0 Å². The first-order valence-electron chi connectivity index (χ1n) is 6.68. The van der Waals surface area contributed by atoms with Gasteiger partial charge in [0, 0.05) is 43.1 Å². The van der Waals surface area contributed by atoms with Gasteiger partial charge in [-0.3, -0.25) is 4.90 Å². The molecule has 2 heterocycles. The fraction of sp³-hybridized carbons (Fsp3) is 0.769. The van der Waals surface area contributed by atoms with Crippen LogP contribution in [0.2, 0.25) is 0 Å². The Morgan fingerprint density at radius 1 is 1.39 bits per heavy atom. The van der Waals surface area contributed by atoms with Gasteiger partial charge in [-0.1, -0.05) is 13.8 Å². The Bertz CT molecular complexity index is 346. The van der Waals surface area contributed by atoms with Crippen LogP contribution in [0.4, 0.5) is 0 Å². The van der Waals surface area contributed by atoms with Crippen molar-refractivity contribution in [2.75, 3.05) is 31.1 Å². The average molecular weight is 285 g/mol. The number of nitrogens with one attached hydrogen (secondary N) is 1. The van der Waals surface area contributed by atoms with E-state index in [4.69, 9.17) is 4.98 Å². The van der Waals surface area contributed by atoms with Crippen LogP contribution in [-0.2, 0) is 13.1 Å². The van der Waals surface area contributed by atoms with Gasteiger partial charge in [-0.25, -0.2) is 4.98 Å². The van der Waals surface area contributed by atoms with Gasteiger partial charge in [-0.2, -0.15) is 11.8 Å². The quantitative estimate of drug-likeness (QED) is 0.869. The van der Waals surface area contributed by atoms with Gasteiger partial charge in [0.25, 0.3) is 0 Å². The zero-order chi connectivity index (χ0) is 12.8. The normalized spacial score (nSPS) is 17.5. The first-order chi connectivity index (χ1) is 8.74. The molecule has 0 saturated carbocycles. The van der Waals surface area contributed by atoms with Crippen LogP contribution in [0.15, 0.2) is 5.38 Å². The standard InChI is InChI=1S/C13H23N3S2/c1-11(2)7-14-8-13-15-12(10-18-13)9-16-3-5-17-6-4-16/h10-11,14H,3-9H2,1-2H3. The van der Waals surface area contributed by atoms with Crippen LogP contribution >= 0.6 is 23.1 Å². The van der Waals surface area contributed by atoms with E-state index in [1.54, 1.807) is 11.3 Å². The van der Waals surface area contributed by atoms with Gasteiger partial charge in [0.15, 0.2) is 0 Å². The molecule has 1 fully saturated rings. The van der Waals surface area contributed by atoms with E-state index in [9.17, 15) is 0 Å². The highest BCUT2D eigenvalue weighted by Gasteiger charge is 2.12. The molecule has 0 aromatic carbocycles. The summed E-state index contributed by atoms with van der Waals surface area (Å²) in [6, 6.07) is 0. The summed E-state index contributed by atoms with van der Waals surface area (Å²) in [5.41, 5.74) is 1.24. The number of thiazole rings is 1. The molecular formula is C13H23N3S2. The van der Waals surface area contributed by atoms with Crippen molar-refractivity contribution in [2.24, 2.45) is 5.92 Å². The van der Waals surface area contributed by atoms with Crippen LogP contribution in [0.5, 0.6) is 0 Å². The summed E-state index contributed by atoms with van der Waals surface area (Å²) in [6.07, 6.45) is 0. The van der Waals surface area contributed by atoms with E-state index in [0.29, 0.717) is 5.92 Å². The van der Waals surface area contributed by atoms with E-state index in [-0.39, 0.29) is 0 Å². The number of hydrogen-bond donors (Lipinski definition) is 1. The molecule has 0 spiro atoms. The molecule has 0 amide bonds. The van der Waals surface area contributed by atoms with E-state index < -0.39 is 0 Å². The van der Waals surface area contributed by atoms with Crippen LogP contribution < -0.4 is 5.32 Å². The zero-order valence-corrected chi connectivity index (χ0v) is 12.9. The smallest absolute Gasteiger partial charge is 0.107 e. The molecule has 1 aromatic rings. The van der Waals surface area contributed by atoms with Crippen molar-refractivity contribution in [3.8, 4) is 0 Å². The van der Waals surface area contributed by atoms with Crippen LogP contribution in [0, 0.1) is 5.92 Å². The molecule has 1 aromatic heterocycles. The highest BCUT2D eigenvalue weighted by atomic mass is 32.2. The number of aromatic nitrogens is 1. The maximum Gasteiger partial charge on any atom is 0.107 e. The van der Waals surface area contributed by atoms with Crippen molar-refractivity contribution >= 4 is 23.1 Å². The molecule has 0 aliphatic carbocycles. The highest BCUT2D eigenvalue weighted by molar-refractivity contribution is 7.99. The maximum absolute atomic E-state index is 4.71. The molecule has 0 atom stereocenters. The molecular weight excluding hydrogens is 262 g/mol. The van der Waals surface area contributed by atoms with Gasteiger partial charge in [0.2, 0.25) is 0 Å². The third-order valence-corrected chi connectivity index (χ3v) is 4.76. The largest absolute Gasteiger partial charge is 0.310 e. The molecule has 0 radical (unpaired) electrons. The predicted molar refractivity (Wildman–Crippen MR) is 81.3 cm³/mol. The van der Waals surface area contributed by atoms with Crippen molar-refractivity contribution in [1.82, 2.24) is 15.2 Å². The molecule has 2 rings (SSSR count). The maximum atomic E-state index is 4.71. The van der Waals surface area contributed by atoms with Crippen LogP contribution in [-0.4, -0.2) is 41.0 Å². The molecule has 3 nitrogen and oxygen atoms in total. The lowest BCUT2D eigenvalue weighted by Crippen LogP contribution is -2.32. The third kappa shape index (κ3) is 4.88. The summed E-state index contributed by atoms with van der Waals surface area (Å²) < 4.78 is 0. The van der Waals surface area contributed by atoms with E-state index >= 15 is 0 Å². The summed E-state index contributed by atoms with van der Waals surface area (Å²) in [5.74, 6) is 3.25. The Morgan fingerprint density at radius 3 is 2.89 bits per heavy atom. The van der Waals surface area contributed by atoms with Crippen LogP contribution in [0.25, 0.3) is 0 Å². The second kappa shape index (κ2) is 7.48. The third-order valence-electron chi connectivity index (χ3n) is 2.92. The van der Waals surface area contributed by atoms with Gasteiger partial charge in [0.1, 0.15) is 5.01 Å². The van der Waals surface area contributed by atoms with E-state index in [1.165, 1.54) is 35.3 Å². The second-order valence-corrected chi connectivity index (χ2v) is 7.31. The van der Waals surface area contributed by atoms with Crippen molar-refractivity contribution < 1.29 is 0 Å². The molecule has 5 heteroatoms. The molecule has 1 N–H and O–H groups in total. The molecule has 1 aliphatic heterocycles. The zero-order valence-electron chi connectivity index (χ0n) is 11.3. The van der Waals surface area contributed by atoms with Crippen molar-refractivity contribution in [2.45, 2.75) is 26.9 Å². The molecule has 1 aliphatic rings. The molecule has 102 valence electrons. The summed E-state index contributed by atoms with van der Waals surface area (Å²) in [5, 5.41) is 6.88. The predicted octanol–water partition coefficient (Wildman–Crippen LogP) is 2.44. The SMILES string of the molecule is CC(C)CNCc1nc(CN2CCSCC2)cs1. The number of nitrogens with zero attached hydrogens (tertiary/aromatic N) is 2.